The molecule has 0 bridgehead atoms. The number of piperidine rings is 1. The molecule has 3 atom stereocenters. The van der Waals surface area contributed by atoms with Crippen molar-refractivity contribution in [3.05, 3.63) is 0 Å². The molecular weight excluding hydrogens is 193 g/mol. The van der Waals surface area contributed by atoms with Gasteiger partial charge in [-0.1, -0.05) is 0 Å². The van der Waals surface area contributed by atoms with Crippen LogP contribution in [0, 0.1) is 11.8 Å². The van der Waals surface area contributed by atoms with Gasteiger partial charge in [0, 0.05) is 25.0 Å². The maximum Gasteiger partial charge on any atom is 0.117 e. The highest BCUT2D eigenvalue weighted by atomic mass is 19.1. The molecule has 0 aromatic heterocycles. The van der Waals surface area contributed by atoms with Gasteiger partial charge in [0.05, 0.1) is 6.61 Å². The van der Waals surface area contributed by atoms with Crippen molar-refractivity contribution in [1.82, 2.24) is 5.32 Å². The van der Waals surface area contributed by atoms with Crippen LogP contribution in [0.2, 0.25) is 0 Å². The van der Waals surface area contributed by atoms with E-state index < -0.39 is 5.67 Å². The van der Waals surface area contributed by atoms with E-state index in [0.717, 1.165) is 45.4 Å². The highest BCUT2D eigenvalue weighted by molar-refractivity contribution is 4.92. The maximum atomic E-state index is 14.7. The second-order valence-electron chi connectivity index (χ2n) is 5.11. The predicted octanol–water partition coefficient (Wildman–Crippen LogP) is 2.14. The van der Waals surface area contributed by atoms with Crippen molar-refractivity contribution in [1.29, 1.82) is 0 Å². The Morgan fingerprint density at radius 1 is 1.27 bits per heavy atom. The molecule has 0 aliphatic carbocycles. The summed E-state index contributed by atoms with van der Waals surface area (Å²) in [5.41, 5.74) is -1.05. The van der Waals surface area contributed by atoms with Crippen LogP contribution in [0.3, 0.4) is 0 Å². The van der Waals surface area contributed by atoms with E-state index >= 15 is 0 Å². The molecule has 3 unspecified atom stereocenters. The van der Waals surface area contributed by atoms with Gasteiger partial charge in [-0.3, -0.25) is 0 Å². The summed E-state index contributed by atoms with van der Waals surface area (Å²) in [6.07, 6.45) is 4.14. The van der Waals surface area contributed by atoms with Crippen LogP contribution in [-0.2, 0) is 4.74 Å². The zero-order chi connectivity index (χ0) is 10.7. The van der Waals surface area contributed by atoms with E-state index in [4.69, 9.17) is 4.74 Å². The SMILES string of the molecule is CC(F)(C1CCCNC1)C1CCCOC1. The van der Waals surface area contributed by atoms with Gasteiger partial charge in [-0.25, -0.2) is 4.39 Å². The lowest BCUT2D eigenvalue weighted by atomic mass is 9.74. The van der Waals surface area contributed by atoms with Crippen molar-refractivity contribution in [2.75, 3.05) is 26.3 Å². The van der Waals surface area contributed by atoms with Crippen molar-refractivity contribution in [3.63, 3.8) is 0 Å². The monoisotopic (exact) mass is 215 g/mol. The van der Waals surface area contributed by atoms with Gasteiger partial charge < -0.3 is 10.1 Å². The summed E-state index contributed by atoms with van der Waals surface area (Å²) < 4.78 is 20.1. The molecule has 2 saturated heterocycles. The van der Waals surface area contributed by atoms with E-state index in [1.807, 2.05) is 0 Å². The standard InChI is InChI=1S/C12H22FNO/c1-12(13,10-4-2-6-14-8-10)11-5-3-7-15-9-11/h10-11,14H,2-9H2,1H3. The molecule has 2 heterocycles. The van der Waals surface area contributed by atoms with Crippen LogP contribution >= 0.6 is 0 Å². The second kappa shape index (κ2) is 4.79. The number of rotatable bonds is 2. The van der Waals surface area contributed by atoms with Crippen molar-refractivity contribution < 1.29 is 9.13 Å². The number of hydrogen-bond donors (Lipinski definition) is 1. The zero-order valence-corrected chi connectivity index (χ0v) is 9.60. The molecule has 0 aromatic carbocycles. The lowest BCUT2D eigenvalue weighted by Gasteiger charge is -2.40. The third kappa shape index (κ3) is 2.51. The number of hydrogen-bond acceptors (Lipinski definition) is 2. The van der Waals surface area contributed by atoms with Crippen molar-refractivity contribution >= 4 is 0 Å². The van der Waals surface area contributed by atoms with Gasteiger partial charge in [-0.15, -0.1) is 0 Å². The Morgan fingerprint density at radius 3 is 2.67 bits per heavy atom. The fourth-order valence-corrected chi connectivity index (χ4v) is 2.85. The van der Waals surface area contributed by atoms with Crippen molar-refractivity contribution in [2.24, 2.45) is 11.8 Å². The van der Waals surface area contributed by atoms with E-state index in [-0.39, 0.29) is 11.8 Å². The van der Waals surface area contributed by atoms with Gasteiger partial charge in [-0.2, -0.15) is 0 Å². The van der Waals surface area contributed by atoms with Crippen LogP contribution in [0.25, 0.3) is 0 Å². The van der Waals surface area contributed by atoms with Gasteiger partial charge in [-0.05, 0) is 39.2 Å². The smallest absolute Gasteiger partial charge is 0.117 e. The first-order valence-corrected chi connectivity index (χ1v) is 6.18. The molecule has 15 heavy (non-hydrogen) atoms. The maximum absolute atomic E-state index is 14.7. The Bertz CT molecular complexity index is 176. The normalized spacial score (nSPS) is 37.2. The fraction of sp³-hybridized carbons (Fsp3) is 1.00. The molecule has 2 aliphatic heterocycles. The summed E-state index contributed by atoms with van der Waals surface area (Å²) in [4.78, 5) is 0. The summed E-state index contributed by atoms with van der Waals surface area (Å²) in [6, 6.07) is 0. The molecule has 1 N–H and O–H groups in total. The summed E-state index contributed by atoms with van der Waals surface area (Å²) in [5.74, 6) is 0.286. The lowest BCUT2D eigenvalue weighted by molar-refractivity contribution is -0.0541. The summed E-state index contributed by atoms with van der Waals surface area (Å²) in [7, 11) is 0. The number of alkyl halides is 1. The van der Waals surface area contributed by atoms with Crippen LogP contribution in [0.15, 0.2) is 0 Å². The molecule has 2 nitrogen and oxygen atoms in total. The van der Waals surface area contributed by atoms with E-state index in [0.29, 0.717) is 6.61 Å². The fourth-order valence-electron chi connectivity index (χ4n) is 2.85. The molecule has 88 valence electrons. The third-order valence-electron chi connectivity index (χ3n) is 4.05. The van der Waals surface area contributed by atoms with Crippen LogP contribution in [-0.4, -0.2) is 32.0 Å². The second-order valence-corrected chi connectivity index (χ2v) is 5.11. The average Bonchev–Trinajstić information content (AvgIpc) is 2.31. The molecule has 0 aromatic rings. The predicted molar refractivity (Wildman–Crippen MR) is 58.6 cm³/mol. The quantitative estimate of drug-likeness (QED) is 0.762. The molecule has 3 heteroatoms. The molecule has 2 fully saturated rings. The van der Waals surface area contributed by atoms with Gasteiger partial charge in [0.25, 0.3) is 0 Å². The largest absolute Gasteiger partial charge is 0.381 e. The Balaban J connectivity index is 1.96. The average molecular weight is 215 g/mol. The van der Waals surface area contributed by atoms with Crippen LogP contribution in [0.5, 0.6) is 0 Å². The molecule has 2 aliphatic rings. The Hall–Kier alpha value is -0.150. The van der Waals surface area contributed by atoms with E-state index in [2.05, 4.69) is 5.32 Å². The minimum absolute atomic E-state index is 0.108. The first kappa shape index (κ1) is 11.3. The first-order chi connectivity index (χ1) is 7.21. The number of ether oxygens (including phenoxy) is 1. The van der Waals surface area contributed by atoms with Gasteiger partial charge in [0.1, 0.15) is 5.67 Å². The molecule has 0 saturated carbocycles. The molecule has 0 spiro atoms. The molecular formula is C12H22FNO. The van der Waals surface area contributed by atoms with E-state index in [1.54, 1.807) is 6.92 Å². The topological polar surface area (TPSA) is 21.3 Å². The van der Waals surface area contributed by atoms with Crippen LogP contribution in [0.4, 0.5) is 4.39 Å². The zero-order valence-electron chi connectivity index (χ0n) is 9.60. The Kier molecular flexibility index (Phi) is 3.62. The van der Waals surface area contributed by atoms with Crippen LogP contribution in [0.1, 0.15) is 32.6 Å². The van der Waals surface area contributed by atoms with Crippen molar-refractivity contribution in [3.8, 4) is 0 Å². The number of halogens is 1. The summed E-state index contributed by atoms with van der Waals surface area (Å²) >= 11 is 0. The minimum Gasteiger partial charge on any atom is -0.381 e. The van der Waals surface area contributed by atoms with Gasteiger partial charge in [0.2, 0.25) is 0 Å². The molecule has 0 radical (unpaired) electrons. The highest BCUT2D eigenvalue weighted by Crippen LogP contribution is 2.38. The van der Waals surface area contributed by atoms with Gasteiger partial charge in [0.15, 0.2) is 0 Å². The van der Waals surface area contributed by atoms with E-state index in [1.165, 1.54) is 0 Å². The Morgan fingerprint density at radius 2 is 2.07 bits per heavy atom. The molecule has 2 rings (SSSR count). The highest BCUT2D eigenvalue weighted by Gasteiger charge is 2.42. The van der Waals surface area contributed by atoms with Gasteiger partial charge >= 0.3 is 0 Å². The molecule has 0 amide bonds. The van der Waals surface area contributed by atoms with E-state index in [9.17, 15) is 4.39 Å². The van der Waals surface area contributed by atoms with Crippen LogP contribution < -0.4 is 5.32 Å². The number of nitrogens with one attached hydrogen (secondary N) is 1. The Labute approximate surface area is 91.6 Å². The first-order valence-electron chi connectivity index (χ1n) is 6.18. The lowest BCUT2D eigenvalue weighted by Crippen LogP contribution is -2.48. The summed E-state index contributed by atoms with van der Waals surface area (Å²) in [6.45, 7) is 5.10. The minimum atomic E-state index is -1.05. The van der Waals surface area contributed by atoms with Crippen molar-refractivity contribution in [2.45, 2.75) is 38.3 Å². The summed E-state index contributed by atoms with van der Waals surface area (Å²) in [5, 5.41) is 3.30. The third-order valence-corrected chi connectivity index (χ3v) is 4.05.